The largest absolute Gasteiger partial charge is 0.480 e. The van der Waals surface area contributed by atoms with Crippen LogP contribution in [0.25, 0.3) is 17.4 Å². The van der Waals surface area contributed by atoms with E-state index in [1.54, 1.807) is 24.3 Å². The standard InChI is InChI=1S/C16H10N2O6S2/c19-14(20)8-17-15(21)13(26-16(17)25)7-11-5-6-12(24-11)9-1-3-10(4-2-9)18(22)23/h1-7H,8H2,(H,19,20)/b13-7-. The molecule has 1 aromatic heterocycles. The molecule has 1 aromatic carbocycles. The summed E-state index contributed by atoms with van der Waals surface area (Å²) in [5, 5.41) is 19.5. The fourth-order valence-corrected chi connectivity index (χ4v) is 3.47. The third-order valence-electron chi connectivity index (χ3n) is 3.43. The Kier molecular flexibility index (Phi) is 4.87. The number of hydrogen-bond acceptors (Lipinski definition) is 7. The summed E-state index contributed by atoms with van der Waals surface area (Å²) < 4.78 is 5.81. The molecular weight excluding hydrogens is 380 g/mol. The first-order valence-electron chi connectivity index (χ1n) is 7.17. The van der Waals surface area contributed by atoms with Crippen molar-refractivity contribution in [3.63, 3.8) is 0 Å². The molecule has 0 atom stereocenters. The maximum absolute atomic E-state index is 12.2. The summed E-state index contributed by atoms with van der Waals surface area (Å²) >= 11 is 6.02. The van der Waals surface area contributed by atoms with Gasteiger partial charge in [-0.05, 0) is 24.3 Å². The van der Waals surface area contributed by atoms with Gasteiger partial charge >= 0.3 is 5.97 Å². The Labute approximate surface area is 156 Å². The SMILES string of the molecule is O=C(O)CN1C(=O)/C(=C/c2ccc(-c3ccc([N+](=O)[O-])cc3)o2)SC1=S. The minimum Gasteiger partial charge on any atom is -0.480 e. The molecule has 0 aliphatic carbocycles. The number of aliphatic carboxylic acids is 1. The highest BCUT2D eigenvalue weighted by Gasteiger charge is 2.33. The molecule has 1 N–H and O–H groups in total. The van der Waals surface area contributed by atoms with Gasteiger partial charge in [0.25, 0.3) is 11.6 Å². The number of carboxylic acid groups (broad SMARTS) is 1. The number of amides is 1. The number of hydrogen-bond donors (Lipinski definition) is 1. The molecule has 0 unspecified atom stereocenters. The van der Waals surface area contributed by atoms with Crippen LogP contribution in [0.3, 0.4) is 0 Å². The van der Waals surface area contributed by atoms with Gasteiger partial charge in [0.1, 0.15) is 22.4 Å². The van der Waals surface area contributed by atoms with Gasteiger partial charge in [0.05, 0.1) is 9.83 Å². The number of thiocarbonyl (C=S) groups is 1. The van der Waals surface area contributed by atoms with Gasteiger partial charge in [-0.25, -0.2) is 0 Å². The van der Waals surface area contributed by atoms with Crippen molar-refractivity contribution >= 4 is 51.9 Å². The van der Waals surface area contributed by atoms with Crippen LogP contribution >= 0.6 is 24.0 Å². The second-order valence-corrected chi connectivity index (χ2v) is 6.84. The fourth-order valence-electron chi connectivity index (χ4n) is 2.23. The molecule has 10 heteroatoms. The highest BCUT2D eigenvalue weighted by atomic mass is 32.2. The second-order valence-electron chi connectivity index (χ2n) is 5.17. The number of carbonyl (C=O) groups excluding carboxylic acids is 1. The molecule has 1 fully saturated rings. The lowest BCUT2D eigenvalue weighted by Gasteiger charge is -2.09. The highest BCUT2D eigenvalue weighted by Crippen LogP contribution is 2.33. The number of benzene rings is 1. The van der Waals surface area contributed by atoms with Crippen LogP contribution in [0.5, 0.6) is 0 Å². The van der Waals surface area contributed by atoms with Crippen LogP contribution in [0.4, 0.5) is 5.69 Å². The maximum atomic E-state index is 12.2. The molecule has 1 aliphatic rings. The van der Waals surface area contributed by atoms with Gasteiger partial charge in [-0.2, -0.15) is 0 Å². The van der Waals surface area contributed by atoms with Crippen LogP contribution in [0.1, 0.15) is 5.76 Å². The molecule has 0 saturated carbocycles. The lowest BCUT2D eigenvalue weighted by atomic mass is 10.1. The molecule has 1 amide bonds. The van der Waals surface area contributed by atoms with Crippen molar-refractivity contribution in [2.75, 3.05) is 6.54 Å². The Bertz CT molecular complexity index is 948. The van der Waals surface area contributed by atoms with Crippen LogP contribution in [-0.2, 0) is 9.59 Å². The summed E-state index contributed by atoms with van der Waals surface area (Å²) in [5.41, 5.74) is 0.622. The number of rotatable bonds is 5. The molecule has 2 aromatic rings. The summed E-state index contributed by atoms with van der Waals surface area (Å²) in [6.07, 6.45) is 1.48. The zero-order valence-electron chi connectivity index (χ0n) is 12.9. The van der Waals surface area contributed by atoms with E-state index in [9.17, 15) is 19.7 Å². The van der Waals surface area contributed by atoms with Crippen LogP contribution < -0.4 is 0 Å². The van der Waals surface area contributed by atoms with Crippen molar-refractivity contribution in [2.45, 2.75) is 0 Å². The first-order valence-corrected chi connectivity index (χ1v) is 8.39. The van der Waals surface area contributed by atoms with Crippen LogP contribution in [0.15, 0.2) is 45.7 Å². The van der Waals surface area contributed by atoms with Gasteiger partial charge < -0.3 is 9.52 Å². The number of nitro benzene ring substituents is 1. The summed E-state index contributed by atoms with van der Waals surface area (Å²) in [6.45, 7) is -0.492. The summed E-state index contributed by atoms with van der Waals surface area (Å²) in [4.78, 5) is 34.5. The van der Waals surface area contributed by atoms with Crippen molar-refractivity contribution in [3.05, 3.63) is 57.2 Å². The number of furan rings is 1. The molecule has 132 valence electrons. The van der Waals surface area contributed by atoms with Gasteiger partial charge in [-0.3, -0.25) is 24.6 Å². The minimum absolute atomic E-state index is 0.0253. The van der Waals surface area contributed by atoms with Gasteiger partial charge in [0.2, 0.25) is 0 Å². The number of nitro groups is 1. The van der Waals surface area contributed by atoms with Crippen molar-refractivity contribution in [3.8, 4) is 11.3 Å². The molecular formula is C16H10N2O6S2. The molecule has 26 heavy (non-hydrogen) atoms. The zero-order chi connectivity index (χ0) is 18.8. The van der Waals surface area contributed by atoms with E-state index in [0.717, 1.165) is 16.7 Å². The molecule has 8 nitrogen and oxygen atoms in total. The van der Waals surface area contributed by atoms with E-state index >= 15 is 0 Å². The molecule has 2 heterocycles. The maximum Gasteiger partial charge on any atom is 0.323 e. The number of carbonyl (C=O) groups is 2. The van der Waals surface area contributed by atoms with Gasteiger partial charge in [-0.1, -0.05) is 24.0 Å². The summed E-state index contributed by atoms with van der Waals surface area (Å²) in [7, 11) is 0. The average Bonchev–Trinajstić information content (AvgIpc) is 3.15. The van der Waals surface area contributed by atoms with Crippen LogP contribution in [-0.4, -0.2) is 37.7 Å². The van der Waals surface area contributed by atoms with Crippen LogP contribution in [0.2, 0.25) is 0 Å². The van der Waals surface area contributed by atoms with Crippen LogP contribution in [0, 0.1) is 10.1 Å². The number of thioether (sulfide) groups is 1. The Hall–Kier alpha value is -2.98. The first-order chi connectivity index (χ1) is 12.3. The van der Waals surface area contributed by atoms with E-state index < -0.39 is 23.3 Å². The normalized spacial score (nSPS) is 15.7. The van der Waals surface area contributed by atoms with E-state index in [2.05, 4.69) is 0 Å². The highest BCUT2D eigenvalue weighted by molar-refractivity contribution is 8.26. The van der Waals surface area contributed by atoms with E-state index in [1.165, 1.54) is 18.2 Å². The Balaban J connectivity index is 1.81. The van der Waals surface area contributed by atoms with Gasteiger partial charge in [0, 0.05) is 23.8 Å². The molecule has 1 aliphatic heterocycles. The zero-order valence-corrected chi connectivity index (χ0v) is 14.6. The molecule has 1 saturated heterocycles. The number of carboxylic acids is 1. The first kappa shape index (κ1) is 17.8. The molecule has 0 spiro atoms. The summed E-state index contributed by atoms with van der Waals surface area (Å²) in [5.74, 6) is -0.780. The smallest absolute Gasteiger partial charge is 0.323 e. The topological polar surface area (TPSA) is 114 Å². The van der Waals surface area contributed by atoms with Gasteiger partial charge in [0.15, 0.2) is 0 Å². The monoisotopic (exact) mass is 390 g/mol. The van der Waals surface area contributed by atoms with Gasteiger partial charge in [-0.15, -0.1) is 0 Å². The fraction of sp³-hybridized carbons (Fsp3) is 0.0625. The third kappa shape index (κ3) is 3.65. The lowest BCUT2D eigenvalue weighted by molar-refractivity contribution is -0.384. The van der Waals surface area contributed by atoms with Crippen molar-refractivity contribution in [1.82, 2.24) is 4.90 Å². The van der Waals surface area contributed by atoms with Crippen molar-refractivity contribution in [1.29, 1.82) is 0 Å². The van der Waals surface area contributed by atoms with E-state index in [1.807, 2.05) is 0 Å². The Morgan fingerprint density at radius 2 is 2.00 bits per heavy atom. The predicted molar refractivity (Wildman–Crippen MR) is 98.3 cm³/mol. The molecule has 3 rings (SSSR count). The Morgan fingerprint density at radius 3 is 2.62 bits per heavy atom. The van der Waals surface area contributed by atoms with E-state index in [-0.39, 0.29) is 14.9 Å². The van der Waals surface area contributed by atoms with Crippen molar-refractivity contribution < 1.29 is 24.0 Å². The number of nitrogens with zero attached hydrogens (tertiary/aromatic N) is 2. The minimum atomic E-state index is -1.15. The third-order valence-corrected chi connectivity index (χ3v) is 4.81. The molecule has 0 bridgehead atoms. The summed E-state index contributed by atoms with van der Waals surface area (Å²) in [6, 6.07) is 9.18. The van der Waals surface area contributed by atoms with E-state index in [0.29, 0.717) is 17.1 Å². The Morgan fingerprint density at radius 1 is 1.31 bits per heavy atom. The second kappa shape index (κ2) is 7.10. The van der Waals surface area contributed by atoms with Crippen molar-refractivity contribution in [2.24, 2.45) is 0 Å². The lowest BCUT2D eigenvalue weighted by Crippen LogP contribution is -2.33. The predicted octanol–water partition coefficient (Wildman–Crippen LogP) is 3.14. The average molecular weight is 390 g/mol. The van der Waals surface area contributed by atoms with E-state index in [4.69, 9.17) is 21.7 Å². The number of non-ortho nitro benzene ring substituents is 1. The quantitative estimate of drug-likeness (QED) is 0.358. The molecule has 0 radical (unpaired) electrons.